The van der Waals surface area contributed by atoms with Crippen LogP contribution in [0.2, 0.25) is 0 Å². The SMILES string of the molecule is Cc1cn([C@H]2CC(N=[N+]=[N-])C(CO)(CO)O2)c(=O)[nH]c1=O. The summed E-state index contributed by atoms with van der Waals surface area (Å²) in [5.41, 5.74) is 6.23. The van der Waals surface area contributed by atoms with Gasteiger partial charge in [0.25, 0.3) is 5.56 Å². The van der Waals surface area contributed by atoms with Crippen LogP contribution in [0.5, 0.6) is 0 Å². The van der Waals surface area contributed by atoms with Crippen molar-refractivity contribution in [1.82, 2.24) is 9.55 Å². The van der Waals surface area contributed by atoms with E-state index in [1.54, 1.807) is 0 Å². The molecule has 114 valence electrons. The van der Waals surface area contributed by atoms with Crippen molar-refractivity contribution in [3.63, 3.8) is 0 Å². The molecule has 2 rings (SSSR count). The van der Waals surface area contributed by atoms with Crippen molar-refractivity contribution in [2.24, 2.45) is 5.11 Å². The number of aromatic nitrogens is 2. The lowest BCUT2D eigenvalue weighted by Gasteiger charge is -2.28. The van der Waals surface area contributed by atoms with Crippen molar-refractivity contribution in [3.8, 4) is 0 Å². The average molecular weight is 297 g/mol. The maximum atomic E-state index is 11.8. The van der Waals surface area contributed by atoms with Crippen LogP contribution in [0.3, 0.4) is 0 Å². The van der Waals surface area contributed by atoms with Crippen LogP contribution in [0.4, 0.5) is 0 Å². The van der Waals surface area contributed by atoms with Gasteiger partial charge < -0.3 is 14.9 Å². The summed E-state index contributed by atoms with van der Waals surface area (Å²) in [4.78, 5) is 28.0. The first-order valence-electron chi connectivity index (χ1n) is 6.23. The second-order valence-electron chi connectivity index (χ2n) is 4.89. The zero-order valence-corrected chi connectivity index (χ0v) is 11.3. The summed E-state index contributed by atoms with van der Waals surface area (Å²) < 4.78 is 6.69. The van der Waals surface area contributed by atoms with E-state index in [4.69, 9.17) is 10.3 Å². The molecule has 1 fully saturated rings. The van der Waals surface area contributed by atoms with Gasteiger partial charge in [-0.1, -0.05) is 5.11 Å². The third kappa shape index (κ3) is 2.57. The summed E-state index contributed by atoms with van der Waals surface area (Å²) in [6, 6.07) is -0.832. The molecular weight excluding hydrogens is 282 g/mol. The minimum absolute atomic E-state index is 0.0938. The number of aliphatic hydroxyl groups excluding tert-OH is 2. The normalized spacial score (nSPS) is 23.8. The van der Waals surface area contributed by atoms with Gasteiger partial charge in [-0.05, 0) is 12.5 Å². The quantitative estimate of drug-likeness (QED) is 0.376. The van der Waals surface area contributed by atoms with E-state index in [1.165, 1.54) is 13.1 Å². The number of nitrogens with one attached hydrogen (secondary N) is 1. The Kier molecular flexibility index (Phi) is 4.14. The molecule has 0 bridgehead atoms. The van der Waals surface area contributed by atoms with E-state index < -0.39 is 42.3 Å². The summed E-state index contributed by atoms with van der Waals surface area (Å²) in [5.74, 6) is 0. The predicted octanol–water partition coefficient (Wildman–Crippen LogP) is -0.834. The Morgan fingerprint density at radius 2 is 2.24 bits per heavy atom. The van der Waals surface area contributed by atoms with Crippen molar-refractivity contribution in [3.05, 3.63) is 43.0 Å². The molecule has 1 aliphatic heterocycles. The third-order valence-corrected chi connectivity index (χ3v) is 3.59. The standard InChI is InChI=1S/C11H15N5O5/c1-6-3-16(10(20)13-9(6)19)8-2-7(14-15-12)11(4-17,5-18)21-8/h3,7-8,17-18H,2,4-5H2,1H3,(H,13,19,20)/t7?,8-/m1/s1. The van der Waals surface area contributed by atoms with E-state index in [0.717, 1.165) is 4.57 Å². The molecule has 0 aliphatic carbocycles. The predicted molar refractivity (Wildman–Crippen MR) is 70.6 cm³/mol. The van der Waals surface area contributed by atoms with Crippen LogP contribution in [-0.2, 0) is 4.74 Å². The Morgan fingerprint density at radius 3 is 2.81 bits per heavy atom. The number of aryl methyl sites for hydroxylation is 1. The molecule has 1 saturated heterocycles. The number of hydrogen-bond donors (Lipinski definition) is 3. The van der Waals surface area contributed by atoms with Gasteiger partial charge in [0.2, 0.25) is 0 Å². The van der Waals surface area contributed by atoms with E-state index in [2.05, 4.69) is 15.0 Å². The van der Waals surface area contributed by atoms with Crippen LogP contribution in [0.1, 0.15) is 18.2 Å². The zero-order valence-electron chi connectivity index (χ0n) is 11.3. The zero-order chi connectivity index (χ0) is 15.6. The van der Waals surface area contributed by atoms with Crippen LogP contribution < -0.4 is 11.2 Å². The molecule has 10 heteroatoms. The fourth-order valence-electron chi connectivity index (χ4n) is 2.32. The number of rotatable bonds is 4. The highest BCUT2D eigenvalue weighted by Crippen LogP contribution is 2.37. The molecule has 3 N–H and O–H groups in total. The second-order valence-corrected chi connectivity index (χ2v) is 4.89. The van der Waals surface area contributed by atoms with Crippen LogP contribution in [-0.4, -0.2) is 44.6 Å². The molecule has 0 radical (unpaired) electrons. The molecule has 2 heterocycles. The molecule has 0 amide bonds. The van der Waals surface area contributed by atoms with Crippen molar-refractivity contribution in [1.29, 1.82) is 0 Å². The van der Waals surface area contributed by atoms with Gasteiger partial charge in [0.05, 0.1) is 19.3 Å². The first-order valence-corrected chi connectivity index (χ1v) is 6.23. The van der Waals surface area contributed by atoms with Crippen LogP contribution >= 0.6 is 0 Å². The molecule has 1 aromatic heterocycles. The van der Waals surface area contributed by atoms with Crippen molar-refractivity contribution in [2.75, 3.05) is 13.2 Å². The van der Waals surface area contributed by atoms with Crippen molar-refractivity contribution >= 4 is 0 Å². The first-order chi connectivity index (χ1) is 9.97. The average Bonchev–Trinajstić information content (AvgIpc) is 2.82. The Labute approximate surface area is 118 Å². The van der Waals surface area contributed by atoms with Gasteiger partial charge in [0, 0.05) is 23.1 Å². The van der Waals surface area contributed by atoms with Gasteiger partial charge in [0.15, 0.2) is 0 Å². The van der Waals surface area contributed by atoms with Gasteiger partial charge in [0.1, 0.15) is 11.8 Å². The van der Waals surface area contributed by atoms with Crippen LogP contribution in [0, 0.1) is 6.92 Å². The number of H-pyrrole nitrogens is 1. The maximum Gasteiger partial charge on any atom is 0.330 e. The van der Waals surface area contributed by atoms with E-state index >= 15 is 0 Å². The fraction of sp³-hybridized carbons (Fsp3) is 0.636. The second kappa shape index (κ2) is 5.70. The van der Waals surface area contributed by atoms with Crippen molar-refractivity contribution in [2.45, 2.75) is 31.2 Å². The van der Waals surface area contributed by atoms with E-state index in [9.17, 15) is 19.8 Å². The highest BCUT2D eigenvalue weighted by Gasteiger charge is 2.48. The number of ether oxygens (including phenoxy) is 1. The smallest absolute Gasteiger partial charge is 0.330 e. The Bertz CT molecular complexity index is 685. The molecule has 0 aromatic carbocycles. The maximum absolute atomic E-state index is 11.8. The molecule has 10 nitrogen and oxygen atoms in total. The van der Waals surface area contributed by atoms with E-state index in [-0.39, 0.29) is 6.42 Å². The molecular formula is C11H15N5O5. The summed E-state index contributed by atoms with van der Waals surface area (Å²) in [7, 11) is 0. The summed E-state index contributed by atoms with van der Waals surface area (Å²) in [6.45, 7) is 0.390. The summed E-state index contributed by atoms with van der Waals surface area (Å²) in [5, 5.41) is 22.4. The first kappa shape index (κ1) is 15.3. The molecule has 2 atom stereocenters. The molecule has 21 heavy (non-hydrogen) atoms. The monoisotopic (exact) mass is 297 g/mol. The number of nitrogens with zero attached hydrogens (tertiary/aromatic N) is 4. The van der Waals surface area contributed by atoms with Gasteiger partial charge in [-0.3, -0.25) is 14.3 Å². The summed E-state index contributed by atoms with van der Waals surface area (Å²) in [6.07, 6.45) is 0.559. The third-order valence-electron chi connectivity index (χ3n) is 3.59. The molecule has 0 spiro atoms. The van der Waals surface area contributed by atoms with E-state index in [0.29, 0.717) is 5.56 Å². The van der Waals surface area contributed by atoms with Gasteiger partial charge in [-0.25, -0.2) is 4.79 Å². The Hall–Kier alpha value is -2.13. The lowest BCUT2D eigenvalue weighted by atomic mass is 9.97. The number of hydrogen-bond acceptors (Lipinski definition) is 6. The van der Waals surface area contributed by atoms with Crippen LogP contribution in [0.15, 0.2) is 20.9 Å². The molecule has 1 aromatic rings. The topological polar surface area (TPSA) is 153 Å². The van der Waals surface area contributed by atoms with Gasteiger partial charge in [-0.15, -0.1) is 0 Å². The highest BCUT2D eigenvalue weighted by atomic mass is 16.6. The number of azide groups is 1. The Morgan fingerprint density at radius 1 is 1.57 bits per heavy atom. The van der Waals surface area contributed by atoms with Gasteiger partial charge in [-0.2, -0.15) is 0 Å². The minimum atomic E-state index is -1.46. The number of aromatic amines is 1. The Balaban J connectivity index is 2.44. The van der Waals surface area contributed by atoms with Crippen LogP contribution in [0.25, 0.3) is 10.4 Å². The minimum Gasteiger partial charge on any atom is -0.393 e. The van der Waals surface area contributed by atoms with Gasteiger partial charge >= 0.3 is 5.69 Å². The highest BCUT2D eigenvalue weighted by molar-refractivity contribution is 5.04. The largest absolute Gasteiger partial charge is 0.393 e. The molecule has 1 aliphatic rings. The van der Waals surface area contributed by atoms with Crippen molar-refractivity contribution < 1.29 is 14.9 Å². The lowest BCUT2D eigenvalue weighted by molar-refractivity contribution is -0.126. The fourth-order valence-corrected chi connectivity index (χ4v) is 2.32. The summed E-state index contributed by atoms with van der Waals surface area (Å²) >= 11 is 0. The molecule has 1 unspecified atom stereocenters. The van der Waals surface area contributed by atoms with E-state index in [1.807, 2.05) is 0 Å². The lowest BCUT2D eigenvalue weighted by Crippen LogP contribution is -2.46. The molecule has 0 saturated carbocycles. The number of aliphatic hydroxyl groups is 2.